The number of carboxylic acid groups (broad SMARTS) is 1. The number of nitrogens with one attached hydrogen (secondary N) is 1. The van der Waals surface area contributed by atoms with Crippen LogP contribution in [-0.4, -0.2) is 27.1 Å². The van der Waals surface area contributed by atoms with E-state index in [9.17, 15) is 19.5 Å². The highest BCUT2D eigenvalue weighted by atomic mass is 16.4. The Morgan fingerprint density at radius 2 is 1.83 bits per heavy atom. The lowest BCUT2D eigenvalue weighted by atomic mass is 9.81. The van der Waals surface area contributed by atoms with Gasteiger partial charge in [0.15, 0.2) is 5.43 Å². The second-order valence-corrected chi connectivity index (χ2v) is 6.32. The molecule has 3 rings (SSSR count). The van der Waals surface area contributed by atoms with Crippen molar-refractivity contribution < 1.29 is 14.7 Å². The van der Waals surface area contributed by atoms with Crippen LogP contribution in [0.25, 0.3) is 10.9 Å². The lowest BCUT2D eigenvalue weighted by molar-refractivity contribution is -0.149. The lowest BCUT2D eigenvalue weighted by Gasteiger charge is -2.34. The molecule has 1 aliphatic rings. The molecule has 0 spiro atoms. The monoisotopic (exact) mass is 328 g/mol. The van der Waals surface area contributed by atoms with Crippen LogP contribution < -0.4 is 10.7 Å². The van der Waals surface area contributed by atoms with Gasteiger partial charge >= 0.3 is 5.97 Å². The third-order valence-electron chi connectivity index (χ3n) is 4.69. The molecule has 1 fully saturated rings. The minimum atomic E-state index is -1.16. The highest BCUT2D eigenvalue weighted by Crippen LogP contribution is 2.28. The molecule has 2 N–H and O–H groups in total. The molecule has 1 aromatic heterocycles. The molecule has 126 valence electrons. The summed E-state index contributed by atoms with van der Waals surface area (Å²) in [5.74, 6) is -1.33. The first kappa shape index (κ1) is 16.2. The quantitative estimate of drug-likeness (QED) is 0.897. The van der Waals surface area contributed by atoms with E-state index in [0.29, 0.717) is 23.7 Å². The van der Waals surface area contributed by atoms with E-state index in [1.54, 1.807) is 35.0 Å². The molecule has 0 unspecified atom stereocenters. The molecule has 6 heteroatoms. The fourth-order valence-electron chi connectivity index (χ4n) is 3.41. The standard InChI is InChI=1S/C18H20N2O4/c21-15-8-11-20(14-7-3-2-6-13(14)15)12-16(22)19-18(17(23)24)9-4-1-5-10-18/h2-3,6-8,11H,1,4-5,9-10,12H2,(H,19,22)(H,23,24). The van der Waals surface area contributed by atoms with Crippen molar-refractivity contribution in [2.24, 2.45) is 0 Å². The van der Waals surface area contributed by atoms with Crippen LogP contribution >= 0.6 is 0 Å². The second kappa shape index (κ2) is 6.47. The van der Waals surface area contributed by atoms with Crippen LogP contribution in [0.3, 0.4) is 0 Å². The summed E-state index contributed by atoms with van der Waals surface area (Å²) in [4.78, 5) is 36.0. The van der Waals surface area contributed by atoms with Gasteiger partial charge in [0.1, 0.15) is 12.1 Å². The van der Waals surface area contributed by atoms with Gasteiger partial charge in [-0.05, 0) is 25.0 Å². The predicted octanol–water partition coefficient (Wildman–Crippen LogP) is 1.91. The summed E-state index contributed by atoms with van der Waals surface area (Å²) in [5, 5.41) is 12.8. The van der Waals surface area contributed by atoms with Crippen LogP contribution in [-0.2, 0) is 16.1 Å². The number of aliphatic carboxylic acids is 1. The van der Waals surface area contributed by atoms with Gasteiger partial charge in [-0.1, -0.05) is 31.4 Å². The van der Waals surface area contributed by atoms with Crippen LogP contribution in [0.1, 0.15) is 32.1 Å². The van der Waals surface area contributed by atoms with Gasteiger partial charge in [0, 0.05) is 17.6 Å². The van der Waals surface area contributed by atoms with Crippen molar-refractivity contribution in [2.75, 3.05) is 0 Å². The molecule has 0 bridgehead atoms. The first-order chi connectivity index (χ1) is 11.5. The van der Waals surface area contributed by atoms with Crippen LogP contribution in [0.15, 0.2) is 41.3 Å². The Hall–Kier alpha value is -2.63. The summed E-state index contributed by atoms with van der Waals surface area (Å²) in [7, 11) is 0. The number of nitrogens with zero attached hydrogens (tertiary/aromatic N) is 1. The van der Waals surface area contributed by atoms with Crippen LogP contribution in [0.2, 0.25) is 0 Å². The maximum absolute atomic E-state index is 12.4. The molecule has 0 saturated heterocycles. The van der Waals surface area contributed by atoms with Gasteiger partial charge in [0.2, 0.25) is 5.91 Å². The summed E-state index contributed by atoms with van der Waals surface area (Å²) in [6.45, 7) is -0.0180. The zero-order valence-electron chi connectivity index (χ0n) is 13.3. The molecule has 1 saturated carbocycles. The predicted molar refractivity (Wildman–Crippen MR) is 89.8 cm³/mol. The highest BCUT2D eigenvalue weighted by Gasteiger charge is 2.40. The van der Waals surface area contributed by atoms with Crippen molar-refractivity contribution in [3.8, 4) is 0 Å². The van der Waals surface area contributed by atoms with E-state index in [0.717, 1.165) is 19.3 Å². The summed E-state index contributed by atoms with van der Waals surface area (Å²) < 4.78 is 1.67. The molecule has 1 aromatic carbocycles. The SMILES string of the molecule is O=C(Cn1ccc(=O)c2ccccc21)NC1(C(=O)O)CCCCC1. The average Bonchev–Trinajstić information content (AvgIpc) is 2.58. The Bertz CT molecular complexity index is 834. The van der Waals surface area contributed by atoms with Crippen molar-refractivity contribution in [3.05, 3.63) is 46.8 Å². The number of aromatic nitrogens is 1. The van der Waals surface area contributed by atoms with Crippen LogP contribution in [0.5, 0.6) is 0 Å². The Morgan fingerprint density at radius 1 is 1.12 bits per heavy atom. The van der Waals surface area contributed by atoms with Crippen molar-refractivity contribution in [1.82, 2.24) is 9.88 Å². The third kappa shape index (κ3) is 3.04. The molecule has 0 radical (unpaired) electrons. The number of benzene rings is 1. The number of carbonyl (C=O) groups excluding carboxylic acids is 1. The highest BCUT2D eigenvalue weighted by molar-refractivity contribution is 5.88. The number of rotatable bonds is 4. The first-order valence-corrected chi connectivity index (χ1v) is 8.14. The lowest BCUT2D eigenvalue weighted by Crippen LogP contribution is -2.56. The minimum absolute atomic E-state index is 0.0180. The number of carbonyl (C=O) groups is 2. The zero-order valence-corrected chi connectivity index (χ0v) is 13.3. The number of fused-ring (bicyclic) bond motifs is 1. The Kier molecular flexibility index (Phi) is 4.38. The van der Waals surface area contributed by atoms with Crippen LogP contribution in [0, 0.1) is 0 Å². The van der Waals surface area contributed by atoms with Gasteiger partial charge in [0.05, 0.1) is 5.52 Å². The average molecular weight is 328 g/mol. The van der Waals surface area contributed by atoms with E-state index in [-0.39, 0.29) is 17.9 Å². The summed E-state index contributed by atoms with van der Waals surface area (Å²) in [6, 6.07) is 8.48. The van der Waals surface area contributed by atoms with Gasteiger partial charge in [-0.3, -0.25) is 9.59 Å². The van der Waals surface area contributed by atoms with Gasteiger partial charge in [0.25, 0.3) is 0 Å². The van der Waals surface area contributed by atoms with Gasteiger partial charge in [-0.15, -0.1) is 0 Å². The Balaban J connectivity index is 1.84. The van der Waals surface area contributed by atoms with Gasteiger partial charge < -0.3 is 15.0 Å². The minimum Gasteiger partial charge on any atom is -0.480 e. The Labute approximate surface area is 139 Å². The molecule has 2 aromatic rings. The number of hydrogen-bond acceptors (Lipinski definition) is 3. The molecular weight excluding hydrogens is 308 g/mol. The maximum Gasteiger partial charge on any atom is 0.329 e. The third-order valence-corrected chi connectivity index (χ3v) is 4.69. The van der Waals surface area contributed by atoms with Crippen molar-refractivity contribution in [2.45, 2.75) is 44.2 Å². The molecular formula is C18H20N2O4. The first-order valence-electron chi connectivity index (χ1n) is 8.14. The molecule has 24 heavy (non-hydrogen) atoms. The fourth-order valence-corrected chi connectivity index (χ4v) is 3.41. The molecule has 0 aliphatic heterocycles. The van der Waals surface area contributed by atoms with Gasteiger partial charge in [-0.2, -0.15) is 0 Å². The molecule has 6 nitrogen and oxygen atoms in total. The summed E-state index contributed by atoms with van der Waals surface area (Å²) >= 11 is 0. The summed E-state index contributed by atoms with van der Waals surface area (Å²) in [6.07, 6.45) is 5.08. The number of para-hydroxylation sites is 1. The smallest absolute Gasteiger partial charge is 0.329 e. The van der Waals surface area contributed by atoms with E-state index in [1.165, 1.54) is 6.07 Å². The second-order valence-electron chi connectivity index (χ2n) is 6.32. The zero-order chi connectivity index (χ0) is 17.2. The van der Waals surface area contributed by atoms with Crippen molar-refractivity contribution in [3.63, 3.8) is 0 Å². The van der Waals surface area contributed by atoms with E-state index in [4.69, 9.17) is 0 Å². The molecule has 1 amide bonds. The summed E-state index contributed by atoms with van der Waals surface area (Å²) in [5.41, 5.74) is -0.603. The molecule has 1 heterocycles. The molecule has 1 aliphatic carbocycles. The van der Waals surface area contributed by atoms with Crippen LogP contribution in [0.4, 0.5) is 0 Å². The maximum atomic E-state index is 12.4. The van der Waals surface area contributed by atoms with Gasteiger partial charge in [-0.25, -0.2) is 4.79 Å². The van der Waals surface area contributed by atoms with E-state index >= 15 is 0 Å². The number of pyridine rings is 1. The fraction of sp³-hybridized carbons (Fsp3) is 0.389. The Morgan fingerprint density at radius 3 is 2.54 bits per heavy atom. The normalized spacial score (nSPS) is 16.7. The topological polar surface area (TPSA) is 88.4 Å². The molecule has 0 atom stereocenters. The van der Waals surface area contributed by atoms with E-state index < -0.39 is 11.5 Å². The largest absolute Gasteiger partial charge is 0.480 e. The van der Waals surface area contributed by atoms with Crippen molar-refractivity contribution in [1.29, 1.82) is 0 Å². The number of hydrogen-bond donors (Lipinski definition) is 2. The van der Waals surface area contributed by atoms with Crippen molar-refractivity contribution >= 4 is 22.8 Å². The van der Waals surface area contributed by atoms with E-state index in [2.05, 4.69) is 5.32 Å². The number of carboxylic acids is 1. The number of amides is 1. The van der Waals surface area contributed by atoms with E-state index in [1.807, 2.05) is 0 Å².